The second-order valence-corrected chi connectivity index (χ2v) is 8.29. The van der Waals surface area contributed by atoms with Crippen LogP contribution in [0.2, 0.25) is 0 Å². The number of carbonyl (C=O) groups is 1. The summed E-state index contributed by atoms with van der Waals surface area (Å²) in [7, 11) is 0. The first-order chi connectivity index (χ1) is 15.9. The fourth-order valence-electron chi connectivity index (χ4n) is 3.96. The number of fused-ring (bicyclic) bond motifs is 1. The molecule has 0 bridgehead atoms. The highest BCUT2D eigenvalue weighted by molar-refractivity contribution is 5.95. The van der Waals surface area contributed by atoms with Crippen molar-refractivity contribution in [3.63, 3.8) is 0 Å². The zero-order valence-electron chi connectivity index (χ0n) is 18.1. The molecular formula is C23H19F4N5O2. The lowest BCUT2D eigenvalue weighted by Gasteiger charge is -2.36. The second kappa shape index (κ2) is 8.22. The number of halogens is 4. The van der Waals surface area contributed by atoms with Gasteiger partial charge in [0.25, 0.3) is 5.91 Å². The van der Waals surface area contributed by atoms with Gasteiger partial charge in [0, 0.05) is 23.9 Å². The van der Waals surface area contributed by atoms with Crippen molar-refractivity contribution in [1.29, 1.82) is 5.26 Å². The van der Waals surface area contributed by atoms with Gasteiger partial charge in [-0.25, -0.2) is 9.37 Å². The van der Waals surface area contributed by atoms with Gasteiger partial charge in [-0.1, -0.05) is 0 Å². The highest BCUT2D eigenvalue weighted by Gasteiger charge is 2.55. The molecule has 1 aliphatic heterocycles. The Morgan fingerprint density at radius 3 is 2.56 bits per heavy atom. The molecule has 2 atom stereocenters. The molecule has 0 fully saturated rings. The van der Waals surface area contributed by atoms with Crippen molar-refractivity contribution in [3.8, 4) is 17.3 Å². The second-order valence-electron chi connectivity index (χ2n) is 8.29. The Morgan fingerprint density at radius 2 is 1.94 bits per heavy atom. The van der Waals surface area contributed by atoms with Crippen LogP contribution in [0.4, 0.5) is 17.6 Å². The number of nitriles is 1. The first-order valence-electron chi connectivity index (χ1n) is 10.2. The molecule has 1 aliphatic rings. The number of aliphatic hydroxyl groups is 1. The molecular weight excluding hydrogens is 454 g/mol. The molecule has 2 aromatic heterocycles. The van der Waals surface area contributed by atoms with Crippen LogP contribution < -0.4 is 0 Å². The topological polar surface area (TPSA) is 95.0 Å². The molecule has 0 saturated carbocycles. The van der Waals surface area contributed by atoms with E-state index >= 15 is 0 Å². The first kappa shape index (κ1) is 23.4. The number of amides is 1. The maximum Gasteiger partial charge on any atom is 0.424 e. The van der Waals surface area contributed by atoms with Crippen LogP contribution in [0.3, 0.4) is 0 Å². The molecule has 0 spiro atoms. The highest BCUT2D eigenvalue weighted by atomic mass is 19.4. The Bertz CT molecular complexity index is 1290. The third-order valence-electron chi connectivity index (χ3n) is 5.81. The summed E-state index contributed by atoms with van der Waals surface area (Å²) >= 11 is 0. The molecule has 0 unspecified atom stereocenters. The van der Waals surface area contributed by atoms with E-state index in [0.29, 0.717) is 18.2 Å². The monoisotopic (exact) mass is 473 g/mol. The van der Waals surface area contributed by atoms with E-state index < -0.39 is 35.4 Å². The van der Waals surface area contributed by atoms with E-state index in [-0.39, 0.29) is 29.9 Å². The standard InChI is InChI=1S/C23H19F4N5O2/c1-13-11-31(12-16-10-30-21(32(13)16)22(2,34)23(25,26)27)20(33)15-4-5-18(24)17(7-15)19-6-3-14(8-28)9-29-19/h3-7,9-10,13,34H,11-12H2,1-2H3/t13-,22+/m0/s1. The fourth-order valence-corrected chi connectivity index (χ4v) is 3.96. The third kappa shape index (κ3) is 3.90. The molecule has 0 aliphatic carbocycles. The predicted octanol–water partition coefficient (Wildman–Crippen LogP) is 3.94. The summed E-state index contributed by atoms with van der Waals surface area (Å²) in [5.41, 5.74) is -2.01. The number of nitrogens with zero attached hydrogens (tertiary/aromatic N) is 5. The Morgan fingerprint density at radius 1 is 1.21 bits per heavy atom. The van der Waals surface area contributed by atoms with Crippen LogP contribution in [-0.4, -0.2) is 43.2 Å². The Labute approximate surface area is 191 Å². The number of hydrogen-bond acceptors (Lipinski definition) is 5. The van der Waals surface area contributed by atoms with E-state index in [4.69, 9.17) is 5.26 Å². The number of alkyl halides is 3. The largest absolute Gasteiger partial charge is 0.424 e. The smallest absolute Gasteiger partial charge is 0.374 e. The molecule has 0 radical (unpaired) electrons. The number of imidazole rings is 1. The minimum absolute atomic E-state index is 0.0358. The van der Waals surface area contributed by atoms with E-state index in [1.165, 1.54) is 46.1 Å². The van der Waals surface area contributed by atoms with Gasteiger partial charge in [-0.3, -0.25) is 9.78 Å². The van der Waals surface area contributed by atoms with Crippen LogP contribution in [0.25, 0.3) is 11.3 Å². The van der Waals surface area contributed by atoms with Crippen molar-refractivity contribution in [1.82, 2.24) is 19.4 Å². The van der Waals surface area contributed by atoms with Crippen molar-refractivity contribution in [2.75, 3.05) is 6.54 Å². The zero-order chi connectivity index (χ0) is 24.8. The van der Waals surface area contributed by atoms with Crippen LogP contribution in [0.15, 0.2) is 42.7 Å². The SMILES string of the molecule is C[C@H]1CN(C(=O)c2ccc(F)c(-c3ccc(C#N)cn3)c2)Cc2cnc([C@@](C)(O)C(F)(F)F)n21. The van der Waals surface area contributed by atoms with E-state index in [1.807, 2.05) is 6.07 Å². The molecule has 0 saturated heterocycles. The van der Waals surface area contributed by atoms with E-state index in [1.54, 1.807) is 6.92 Å². The van der Waals surface area contributed by atoms with E-state index in [0.717, 1.165) is 6.07 Å². The van der Waals surface area contributed by atoms with Gasteiger partial charge < -0.3 is 14.6 Å². The molecule has 7 nitrogen and oxygen atoms in total. The quantitative estimate of drug-likeness (QED) is 0.582. The molecule has 1 N–H and O–H groups in total. The average Bonchev–Trinajstić information content (AvgIpc) is 3.24. The number of rotatable bonds is 3. The molecule has 1 amide bonds. The predicted molar refractivity (Wildman–Crippen MR) is 112 cm³/mol. The normalized spacial score (nSPS) is 17.6. The molecule has 176 valence electrons. The molecule has 34 heavy (non-hydrogen) atoms. The fraction of sp³-hybridized carbons (Fsp3) is 0.304. The highest BCUT2D eigenvalue weighted by Crippen LogP contribution is 2.40. The van der Waals surface area contributed by atoms with Crippen LogP contribution in [0.5, 0.6) is 0 Å². The van der Waals surface area contributed by atoms with Crippen LogP contribution >= 0.6 is 0 Å². The van der Waals surface area contributed by atoms with Gasteiger partial charge in [-0.2, -0.15) is 18.4 Å². The van der Waals surface area contributed by atoms with Crippen LogP contribution in [0.1, 0.15) is 47.3 Å². The van der Waals surface area contributed by atoms with Gasteiger partial charge >= 0.3 is 6.18 Å². The summed E-state index contributed by atoms with van der Waals surface area (Å²) in [5, 5.41) is 19.0. The van der Waals surface area contributed by atoms with E-state index in [9.17, 15) is 27.5 Å². The van der Waals surface area contributed by atoms with E-state index in [2.05, 4.69) is 9.97 Å². The maximum atomic E-state index is 14.5. The van der Waals surface area contributed by atoms with Crippen molar-refractivity contribution in [2.45, 2.75) is 38.2 Å². The summed E-state index contributed by atoms with van der Waals surface area (Å²) < 4.78 is 55.8. The lowest BCUT2D eigenvalue weighted by Crippen LogP contribution is -2.45. The zero-order valence-corrected chi connectivity index (χ0v) is 18.1. The van der Waals surface area contributed by atoms with Gasteiger partial charge in [-0.15, -0.1) is 0 Å². The van der Waals surface area contributed by atoms with Crippen molar-refractivity contribution in [2.24, 2.45) is 0 Å². The lowest BCUT2D eigenvalue weighted by atomic mass is 10.0. The summed E-state index contributed by atoms with van der Waals surface area (Å²) in [6.45, 7) is 2.29. The molecule has 3 aromatic rings. The van der Waals surface area contributed by atoms with Gasteiger partial charge in [0.15, 0.2) is 5.82 Å². The Balaban J connectivity index is 1.63. The Hall–Kier alpha value is -3.78. The number of pyridine rings is 1. The summed E-state index contributed by atoms with van der Waals surface area (Å²) in [4.78, 5) is 22.5. The number of aromatic nitrogens is 3. The average molecular weight is 473 g/mol. The summed E-state index contributed by atoms with van der Waals surface area (Å²) in [6.07, 6.45) is -2.42. The van der Waals surface area contributed by atoms with Crippen LogP contribution in [-0.2, 0) is 12.1 Å². The van der Waals surface area contributed by atoms with Gasteiger partial charge in [0.05, 0.1) is 35.7 Å². The number of hydrogen-bond donors (Lipinski definition) is 1. The Kier molecular flexibility index (Phi) is 5.65. The molecule has 3 heterocycles. The lowest BCUT2D eigenvalue weighted by molar-refractivity contribution is -0.263. The molecule has 1 aromatic carbocycles. The molecule has 11 heteroatoms. The van der Waals surface area contributed by atoms with Crippen LogP contribution in [0, 0.1) is 17.1 Å². The summed E-state index contributed by atoms with van der Waals surface area (Å²) in [6, 6.07) is 8.09. The molecule has 4 rings (SSSR count). The maximum absolute atomic E-state index is 14.5. The number of benzene rings is 1. The van der Waals surface area contributed by atoms with Gasteiger partial charge in [0.1, 0.15) is 11.9 Å². The minimum Gasteiger partial charge on any atom is -0.374 e. The van der Waals surface area contributed by atoms with Crippen molar-refractivity contribution < 1.29 is 27.5 Å². The van der Waals surface area contributed by atoms with Crippen molar-refractivity contribution >= 4 is 5.91 Å². The minimum atomic E-state index is -4.92. The third-order valence-corrected chi connectivity index (χ3v) is 5.81. The first-order valence-corrected chi connectivity index (χ1v) is 10.2. The van der Waals surface area contributed by atoms with Crippen molar-refractivity contribution in [3.05, 3.63) is 71.2 Å². The van der Waals surface area contributed by atoms with Gasteiger partial charge in [0.2, 0.25) is 5.60 Å². The number of carbonyl (C=O) groups excluding carboxylic acids is 1. The summed E-state index contributed by atoms with van der Waals surface area (Å²) in [5.74, 6) is -1.58. The van der Waals surface area contributed by atoms with Gasteiger partial charge in [-0.05, 0) is 44.2 Å².